The Balaban J connectivity index is 2.16. The third-order valence-corrected chi connectivity index (χ3v) is 3.51. The first-order valence-corrected chi connectivity index (χ1v) is 5.99. The van der Waals surface area contributed by atoms with Crippen LogP contribution in [0.4, 0.5) is 0 Å². The number of nitrogens with two attached hydrogens (primary N) is 1. The van der Waals surface area contributed by atoms with Crippen LogP contribution in [-0.4, -0.2) is 22.6 Å². The second-order valence-corrected chi connectivity index (χ2v) is 4.97. The summed E-state index contributed by atoms with van der Waals surface area (Å²) in [6.07, 6.45) is 6.86. The number of carbonyl (C=O) groups is 1. The summed E-state index contributed by atoms with van der Waals surface area (Å²) in [7, 11) is 0. The van der Waals surface area contributed by atoms with Crippen LogP contribution in [0.25, 0.3) is 0 Å². The molecule has 4 nitrogen and oxygen atoms in total. The molecule has 1 unspecified atom stereocenters. The molecule has 3 N–H and O–H groups in total. The van der Waals surface area contributed by atoms with Gasteiger partial charge in [0.05, 0.1) is 5.41 Å². The molecule has 4 heteroatoms. The van der Waals surface area contributed by atoms with Crippen molar-refractivity contribution in [2.75, 3.05) is 6.54 Å². The van der Waals surface area contributed by atoms with Gasteiger partial charge in [-0.2, -0.15) is 0 Å². The fraction of sp³-hybridized carbons (Fsp3) is 0.538. The normalized spacial score (nSPS) is 18.6. The van der Waals surface area contributed by atoms with Crippen molar-refractivity contribution in [3.8, 4) is 0 Å². The lowest BCUT2D eigenvalue weighted by molar-refractivity contribution is -0.149. The van der Waals surface area contributed by atoms with Crippen molar-refractivity contribution in [1.29, 1.82) is 0 Å². The Morgan fingerprint density at radius 3 is 2.59 bits per heavy atom. The average Bonchev–Trinajstić information content (AvgIpc) is 3.13. The maximum atomic E-state index is 11.5. The van der Waals surface area contributed by atoms with Gasteiger partial charge in [-0.1, -0.05) is 12.8 Å². The van der Waals surface area contributed by atoms with Crippen LogP contribution in [-0.2, 0) is 11.2 Å². The number of hydrogen-bond donors (Lipinski definition) is 2. The van der Waals surface area contributed by atoms with E-state index in [-0.39, 0.29) is 6.54 Å². The topological polar surface area (TPSA) is 76.2 Å². The molecule has 1 heterocycles. The zero-order valence-electron chi connectivity index (χ0n) is 9.80. The molecule has 0 amide bonds. The molecule has 0 radical (unpaired) electrons. The van der Waals surface area contributed by atoms with Gasteiger partial charge in [-0.15, -0.1) is 0 Å². The molecular weight excluding hydrogens is 216 g/mol. The van der Waals surface area contributed by atoms with Crippen molar-refractivity contribution in [3.63, 3.8) is 0 Å². The SMILES string of the molecule is NCC(Cc1ccncc1)(CC1CC1)C(=O)O. The van der Waals surface area contributed by atoms with Gasteiger partial charge in [0, 0.05) is 18.9 Å². The fourth-order valence-electron chi connectivity index (χ4n) is 2.24. The van der Waals surface area contributed by atoms with Crippen molar-refractivity contribution in [1.82, 2.24) is 4.98 Å². The average molecular weight is 234 g/mol. The molecular formula is C13H18N2O2. The standard InChI is InChI=1S/C13H18N2O2/c14-9-13(12(16)17,7-10-1-2-10)8-11-3-5-15-6-4-11/h3-6,10H,1-2,7-9,14H2,(H,16,17). The minimum atomic E-state index is -0.803. The zero-order valence-corrected chi connectivity index (χ0v) is 9.80. The van der Waals surface area contributed by atoms with E-state index in [4.69, 9.17) is 5.73 Å². The first kappa shape index (κ1) is 12.0. The molecule has 0 saturated heterocycles. The lowest BCUT2D eigenvalue weighted by Crippen LogP contribution is -2.41. The van der Waals surface area contributed by atoms with Gasteiger partial charge in [-0.25, -0.2) is 0 Å². The van der Waals surface area contributed by atoms with E-state index in [0.29, 0.717) is 18.8 Å². The maximum Gasteiger partial charge on any atom is 0.311 e. The third kappa shape index (κ3) is 2.82. The van der Waals surface area contributed by atoms with Crippen molar-refractivity contribution < 1.29 is 9.90 Å². The second-order valence-electron chi connectivity index (χ2n) is 4.97. The lowest BCUT2D eigenvalue weighted by Gasteiger charge is -2.28. The maximum absolute atomic E-state index is 11.5. The van der Waals surface area contributed by atoms with Crippen molar-refractivity contribution in [2.24, 2.45) is 17.1 Å². The van der Waals surface area contributed by atoms with E-state index in [9.17, 15) is 9.90 Å². The predicted molar refractivity (Wildman–Crippen MR) is 64.4 cm³/mol. The van der Waals surface area contributed by atoms with Crippen LogP contribution in [0.2, 0.25) is 0 Å². The molecule has 1 aromatic heterocycles. The molecule has 0 bridgehead atoms. The number of hydrogen-bond acceptors (Lipinski definition) is 3. The third-order valence-electron chi connectivity index (χ3n) is 3.51. The summed E-state index contributed by atoms with van der Waals surface area (Å²) in [6.45, 7) is 0.196. The molecule has 1 aliphatic carbocycles. The Morgan fingerprint density at radius 1 is 1.47 bits per heavy atom. The van der Waals surface area contributed by atoms with Gasteiger partial charge < -0.3 is 10.8 Å². The number of carboxylic acid groups (broad SMARTS) is 1. The van der Waals surface area contributed by atoms with Crippen LogP contribution in [0.1, 0.15) is 24.8 Å². The second kappa shape index (κ2) is 4.84. The molecule has 1 saturated carbocycles. The van der Waals surface area contributed by atoms with Crippen LogP contribution >= 0.6 is 0 Å². The molecule has 1 fully saturated rings. The summed E-state index contributed by atoms with van der Waals surface area (Å²) in [5, 5.41) is 9.47. The summed E-state index contributed by atoms with van der Waals surface area (Å²) >= 11 is 0. The Bertz CT molecular complexity index is 390. The first-order chi connectivity index (χ1) is 8.16. The largest absolute Gasteiger partial charge is 0.481 e. The van der Waals surface area contributed by atoms with Crippen molar-refractivity contribution in [2.45, 2.75) is 25.7 Å². The van der Waals surface area contributed by atoms with Gasteiger partial charge in [0.1, 0.15) is 0 Å². The van der Waals surface area contributed by atoms with E-state index >= 15 is 0 Å². The van der Waals surface area contributed by atoms with Crippen LogP contribution < -0.4 is 5.73 Å². The number of pyridine rings is 1. The van der Waals surface area contributed by atoms with Gasteiger partial charge in [0.15, 0.2) is 0 Å². The van der Waals surface area contributed by atoms with Crippen LogP contribution in [0, 0.1) is 11.3 Å². The monoisotopic (exact) mass is 234 g/mol. The molecule has 1 aliphatic rings. The lowest BCUT2D eigenvalue weighted by atomic mass is 9.77. The highest BCUT2D eigenvalue weighted by molar-refractivity contribution is 5.75. The highest BCUT2D eigenvalue weighted by Crippen LogP contribution is 2.41. The molecule has 0 spiro atoms. The van der Waals surface area contributed by atoms with Gasteiger partial charge in [0.25, 0.3) is 0 Å². The Labute approximate surface area is 101 Å². The van der Waals surface area contributed by atoms with E-state index in [0.717, 1.165) is 18.4 Å². The fourth-order valence-corrected chi connectivity index (χ4v) is 2.24. The molecule has 92 valence electrons. The number of nitrogens with zero attached hydrogens (tertiary/aromatic N) is 1. The van der Waals surface area contributed by atoms with Crippen molar-refractivity contribution >= 4 is 5.97 Å². The minimum Gasteiger partial charge on any atom is -0.481 e. The summed E-state index contributed by atoms with van der Waals surface area (Å²) in [5.74, 6) is -0.222. The number of carboxylic acids is 1. The zero-order chi connectivity index (χ0) is 12.3. The number of aliphatic carboxylic acids is 1. The summed E-state index contributed by atoms with van der Waals surface area (Å²) in [4.78, 5) is 15.5. The first-order valence-electron chi connectivity index (χ1n) is 5.99. The van der Waals surface area contributed by atoms with Crippen LogP contribution in [0.3, 0.4) is 0 Å². The van der Waals surface area contributed by atoms with Crippen LogP contribution in [0.15, 0.2) is 24.5 Å². The highest BCUT2D eigenvalue weighted by atomic mass is 16.4. The molecule has 17 heavy (non-hydrogen) atoms. The Hall–Kier alpha value is -1.42. The molecule has 1 atom stereocenters. The van der Waals surface area contributed by atoms with E-state index in [1.54, 1.807) is 12.4 Å². The van der Waals surface area contributed by atoms with Crippen molar-refractivity contribution in [3.05, 3.63) is 30.1 Å². The van der Waals surface area contributed by atoms with Gasteiger partial charge in [0.2, 0.25) is 0 Å². The highest BCUT2D eigenvalue weighted by Gasteiger charge is 2.42. The molecule has 2 rings (SSSR count). The quantitative estimate of drug-likeness (QED) is 0.781. The summed E-state index contributed by atoms with van der Waals surface area (Å²) < 4.78 is 0. The predicted octanol–water partition coefficient (Wildman–Crippen LogP) is 1.45. The summed E-state index contributed by atoms with van der Waals surface area (Å²) in [6, 6.07) is 3.72. The molecule has 0 aromatic carbocycles. The number of aromatic nitrogens is 1. The van der Waals surface area contributed by atoms with E-state index < -0.39 is 11.4 Å². The van der Waals surface area contributed by atoms with Gasteiger partial charge in [-0.3, -0.25) is 9.78 Å². The van der Waals surface area contributed by atoms with E-state index in [1.165, 1.54) is 0 Å². The Kier molecular flexibility index (Phi) is 3.43. The van der Waals surface area contributed by atoms with E-state index in [1.807, 2.05) is 12.1 Å². The Morgan fingerprint density at radius 2 is 2.12 bits per heavy atom. The minimum absolute atomic E-state index is 0.196. The van der Waals surface area contributed by atoms with Crippen LogP contribution in [0.5, 0.6) is 0 Å². The van der Waals surface area contributed by atoms with E-state index in [2.05, 4.69) is 4.98 Å². The molecule has 0 aliphatic heterocycles. The number of rotatable bonds is 6. The molecule has 1 aromatic rings. The summed E-state index contributed by atoms with van der Waals surface area (Å²) in [5.41, 5.74) is 5.93. The smallest absolute Gasteiger partial charge is 0.311 e. The van der Waals surface area contributed by atoms with Gasteiger partial charge in [-0.05, 0) is 36.5 Å². The van der Waals surface area contributed by atoms with Gasteiger partial charge >= 0.3 is 5.97 Å².